The molecule has 0 unspecified atom stereocenters. The normalized spacial score (nSPS) is 9.82. The van der Waals surface area contributed by atoms with E-state index in [1.165, 1.54) is 16.8 Å². The summed E-state index contributed by atoms with van der Waals surface area (Å²) >= 11 is 0. The summed E-state index contributed by atoms with van der Waals surface area (Å²) in [6, 6.07) is 6.60. The molecule has 2 heteroatoms. The molecule has 1 aromatic carbocycles. The molecule has 0 aliphatic carbocycles. The highest BCUT2D eigenvalue weighted by Gasteiger charge is 1.98. The summed E-state index contributed by atoms with van der Waals surface area (Å²) in [6.45, 7) is 10.4. The molecule has 0 atom stereocenters. The first kappa shape index (κ1) is 16.0. The number of aryl methyl sites for hydroxylation is 2. The second kappa shape index (κ2) is 9.06. The molecule has 0 aliphatic heterocycles. The van der Waals surface area contributed by atoms with Crippen LogP contribution in [0, 0.1) is 6.92 Å². The highest BCUT2D eigenvalue weighted by molar-refractivity contribution is 5.48. The number of nitrogens with one attached hydrogen (secondary N) is 1. The van der Waals surface area contributed by atoms with E-state index >= 15 is 0 Å². The monoisotopic (exact) mass is 236 g/mol. The van der Waals surface area contributed by atoms with E-state index in [4.69, 9.17) is 0 Å². The minimum atomic E-state index is 0.999. The van der Waals surface area contributed by atoms with Crippen molar-refractivity contribution in [1.82, 2.24) is 4.90 Å². The van der Waals surface area contributed by atoms with Gasteiger partial charge in [0.05, 0.1) is 0 Å². The van der Waals surface area contributed by atoms with Crippen LogP contribution in [0.15, 0.2) is 18.2 Å². The molecule has 0 radical (unpaired) electrons. The van der Waals surface area contributed by atoms with E-state index in [0.29, 0.717) is 0 Å². The third-order valence-corrected chi connectivity index (χ3v) is 2.62. The highest BCUT2D eigenvalue weighted by atomic mass is 15.1. The SMILES string of the molecule is CC.CCc1cc(NCCN(C)C)ccc1C. The third kappa shape index (κ3) is 6.32. The maximum atomic E-state index is 3.44. The molecule has 1 rings (SSSR count). The standard InChI is InChI=1S/C13H22N2.C2H6/c1-5-12-10-13(7-6-11(12)2)14-8-9-15(3)4;1-2/h6-7,10,14H,5,8-9H2,1-4H3;1-2H3. The van der Waals surface area contributed by atoms with Gasteiger partial charge in [0.2, 0.25) is 0 Å². The number of hydrogen-bond donors (Lipinski definition) is 1. The molecule has 0 aliphatic rings. The van der Waals surface area contributed by atoms with Crippen molar-refractivity contribution in [3.8, 4) is 0 Å². The van der Waals surface area contributed by atoms with Gasteiger partial charge in [0.1, 0.15) is 0 Å². The Morgan fingerprint density at radius 3 is 2.35 bits per heavy atom. The fourth-order valence-electron chi connectivity index (χ4n) is 1.59. The second-order valence-electron chi connectivity index (χ2n) is 4.22. The largest absolute Gasteiger partial charge is 0.384 e. The first-order valence-electron chi connectivity index (χ1n) is 6.61. The lowest BCUT2D eigenvalue weighted by atomic mass is 10.1. The Hall–Kier alpha value is -1.02. The van der Waals surface area contributed by atoms with E-state index < -0.39 is 0 Å². The minimum Gasteiger partial charge on any atom is -0.384 e. The molecule has 0 saturated carbocycles. The number of likely N-dealkylation sites (N-methyl/N-ethyl adjacent to an activating group) is 1. The number of anilines is 1. The summed E-state index contributed by atoms with van der Waals surface area (Å²) in [5, 5.41) is 3.44. The predicted molar refractivity (Wildman–Crippen MR) is 78.9 cm³/mol. The van der Waals surface area contributed by atoms with Crippen LogP contribution in [-0.2, 0) is 6.42 Å². The van der Waals surface area contributed by atoms with Gasteiger partial charge in [0.25, 0.3) is 0 Å². The van der Waals surface area contributed by atoms with Gasteiger partial charge in [0.15, 0.2) is 0 Å². The smallest absolute Gasteiger partial charge is 0.0343 e. The van der Waals surface area contributed by atoms with Crippen LogP contribution in [-0.4, -0.2) is 32.1 Å². The third-order valence-electron chi connectivity index (χ3n) is 2.62. The van der Waals surface area contributed by atoms with E-state index in [9.17, 15) is 0 Å². The quantitative estimate of drug-likeness (QED) is 0.841. The summed E-state index contributed by atoms with van der Waals surface area (Å²) in [7, 11) is 4.18. The summed E-state index contributed by atoms with van der Waals surface area (Å²) in [5.74, 6) is 0. The Morgan fingerprint density at radius 1 is 1.18 bits per heavy atom. The zero-order valence-electron chi connectivity index (χ0n) is 12.3. The maximum Gasteiger partial charge on any atom is 0.0343 e. The molecule has 2 nitrogen and oxygen atoms in total. The van der Waals surface area contributed by atoms with Crippen LogP contribution >= 0.6 is 0 Å². The fourth-order valence-corrected chi connectivity index (χ4v) is 1.59. The van der Waals surface area contributed by atoms with Crippen molar-refractivity contribution in [2.75, 3.05) is 32.5 Å². The van der Waals surface area contributed by atoms with Gasteiger partial charge < -0.3 is 10.2 Å². The average Bonchev–Trinajstić information content (AvgIpc) is 2.33. The van der Waals surface area contributed by atoms with Gasteiger partial charge in [-0.3, -0.25) is 0 Å². The van der Waals surface area contributed by atoms with Gasteiger partial charge in [-0.15, -0.1) is 0 Å². The average molecular weight is 236 g/mol. The number of benzene rings is 1. The minimum absolute atomic E-state index is 0.999. The van der Waals surface area contributed by atoms with Crippen LogP contribution < -0.4 is 5.32 Å². The lowest BCUT2D eigenvalue weighted by Gasteiger charge is -2.12. The van der Waals surface area contributed by atoms with Crippen LogP contribution in [0.4, 0.5) is 5.69 Å². The number of hydrogen-bond acceptors (Lipinski definition) is 2. The Morgan fingerprint density at radius 2 is 1.82 bits per heavy atom. The van der Waals surface area contributed by atoms with Crippen LogP contribution in [0.25, 0.3) is 0 Å². The van der Waals surface area contributed by atoms with Crippen molar-refractivity contribution < 1.29 is 0 Å². The molecule has 1 N–H and O–H groups in total. The Balaban J connectivity index is 0.00000121. The van der Waals surface area contributed by atoms with Gasteiger partial charge in [-0.2, -0.15) is 0 Å². The number of nitrogens with zero attached hydrogens (tertiary/aromatic N) is 1. The van der Waals surface area contributed by atoms with E-state index in [2.05, 4.69) is 56.4 Å². The first-order chi connectivity index (χ1) is 8.13. The molecule has 0 amide bonds. The van der Waals surface area contributed by atoms with Crippen LogP contribution in [0.5, 0.6) is 0 Å². The lowest BCUT2D eigenvalue weighted by molar-refractivity contribution is 0.425. The van der Waals surface area contributed by atoms with Gasteiger partial charge in [-0.1, -0.05) is 26.8 Å². The van der Waals surface area contributed by atoms with Gasteiger partial charge in [-0.25, -0.2) is 0 Å². The molecule has 1 aromatic rings. The van der Waals surface area contributed by atoms with E-state index in [0.717, 1.165) is 19.5 Å². The summed E-state index contributed by atoms with van der Waals surface area (Å²) in [4.78, 5) is 2.18. The molecule has 0 saturated heterocycles. The molecule has 17 heavy (non-hydrogen) atoms. The molecule has 0 spiro atoms. The Kier molecular flexibility index (Phi) is 8.51. The zero-order chi connectivity index (χ0) is 13.3. The van der Waals surface area contributed by atoms with Crippen molar-refractivity contribution >= 4 is 5.69 Å². The van der Waals surface area contributed by atoms with Crippen LogP contribution in [0.3, 0.4) is 0 Å². The van der Waals surface area contributed by atoms with Crippen LogP contribution in [0.1, 0.15) is 31.9 Å². The summed E-state index contributed by atoms with van der Waals surface area (Å²) in [5.41, 5.74) is 4.06. The highest BCUT2D eigenvalue weighted by Crippen LogP contribution is 2.15. The van der Waals surface area contributed by atoms with E-state index in [-0.39, 0.29) is 0 Å². The predicted octanol–water partition coefficient (Wildman–Crippen LogP) is 3.56. The molecule has 0 aromatic heterocycles. The molecule has 98 valence electrons. The van der Waals surface area contributed by atoms with Crippen molar-refractivity contribution in [2.24, 2.45) is 0 Å². The van der Waals surface area contributed by atoms with Gasteiger partial charge in [-0.05, 0) is 50.7 Å². The van der Waals surface area contributed by atoms with Crippen molar-refractivity contribution in [1.29, 1.82) is 0 Å². The van der Waals surface area contributed by atoms with E-state index in [1.54, 1.807) is 0 Å². The second-order valence-corrected chi connectivity index (χ2v) is 4.22. The fraction of sp³-hybridized carbons (Fsp3) is 0.600. The molecule has 0 bridgehead atoms. The molecule has 0 heterocycles. The van der Waals surface area contributed by atoms with Crippen molar-refractivity contribution in [2.45, 2.75) is 34.1 Å². The summed E-state index contributed by atoms with van der Waals surface area (Å²) in [6.07, 6.45) is 1.11. The van der Waals surface area contributed by atoms with Crippen LogP contribution in [0.2, 0.25) is 0 Å². The molecular weight excluding hydrogens is 208 g/mol. The van der Waals surface area contributed by atoms with Crippen molar-refractivity contribution in [3.05, 3.63) is 29.3 Å². The van der Waals surface area contributed by atoms with Gasteiger partial charge in [0, 0.05) is 18.8 Å². The van der Waals surface area contributed by atoms with Gasteiger partial charge >= 0.3 is 0 Å². The lowest BCUT2D eigenvalue weighted by Crippen LogP contribution is -2.20. The summed E-state index contributed by atoms with van der Waals surface area (Å²) < 4.78 is 0. The molecular formula is C15H28N2. The van der Waals surface area contributed by atoms with Crippen molar-refractivity contribution in [3.63, 3.8) is 0 Å². The Labute approximate surface area is 107 Å². The zero-order valence-corrected chi connectivity index (χ0v) is 12.3. The first-order valence-corrected chi connectivity index (χ1v) is 6.61. The topological polar surface area (TPSA) is 15.3 Å². The number of rotatable bonds is 5. The molecule has 0 fully saturated rings. The Bertz CT molecular complexity index is 306. The maximum absolute atomic E-state index is 3.44. The van der Waals surface area contributed by atoms with E-state index in [1.807, 2.05) is 13.8 Å².